The van der Waals surface area contributed by atoms with E-state index in [1.165, 1.54) is 48.9 Å². The summed E-state index contributed by atoms with van der Waals surface area (Å²) in [5, 5.41) is 9.57. The number of hydrogen-bond acceptors (Lipinski definition) is 6. The number of nitrogens with zero attached hydrogens (tertiary/aromatic N) is 3. The maximum absolute atomic E-state index is 6.40. The van der Waals surface area contributed by atoms with Crippen molar-refractivity contribution in [3.8, 4) is 5.69 Å². The van der Waals surface area contributed by atoms with Crippen LogP contribution in [0, 0.1) is 20.8 Å². The number of aryl methyl sites for hydroxylation is 3. The number of hydrogen-bond donors (Lipinski definition) is 5. The van der Waals surface area contributed by atoms with Crippen LogP contribution in [0.5, 0.6) is 0 Å². The van der Waals surface area contributed by atoms with Crippen molar-refractivity contribution in [3.05, 3.63) is 137 Å². The Bertz CT molecular complexity index is 2430. The van der Waals surface area contributed by atoms with Crippen molar-refractivity contribution < 1.29 is 9.88 Å². The largest absolute Gasteiger partial charge is 0.398 e. The van der Waals surface area contributed by atoms with Crippen LogP contribution < -0.4 is 32.0 Å². The van der Waals surface area contributed by atoms with Gasteiger partial charge in [0.05, 0.1) is 0 Å². The van der Waals surface area contributed by atoms with E-state index in [9.17, 15) is 0 Å². The lowest BCUT2D eigenvalue weighted by Crippen LogP contribution is -2.71. The molecule has 0 unspecified atom stereocenters. The Morgan fingerprint density at radius 1 is 0.714 bits per heavy atom. The number of fused-ring (bicyclic) bond motifs is 2. The van der Waals surface area contributed by atoms with Crippen molar-refractivity contribution in [2.45, 2.75) is 72.6 Å². The zero-order valence-corrected chi connectivity index (χ0v) is 33.3. The monoisotopic (exact) mass is 744 g/mol. The number of para-hydroxylation sites is 2. The number of aliphatic imine (C=N–C) groups is 1. The second kappa shape index (κ2) is 17.6. The number of benzene rings is 5. The molecule has 6 aromatic rings. The van der Waals surface area contributed by atoms with Crippen molar-refractivity contribution in [2.24, 2.45) is 4.99 Å². The quantitative estimate of drug-likeness (QED) is 0.0310. The summed E-state index contributed by atoms with van der Waals surface area (Å²) < 4.78 is 2.31. The van der Waals surface area contributed by atoms with Gasteiger partial charge in [0.15, 0.2) is 5.69 Å². The molecule has 8 N–H and O–H groups in total. The first kappa shape index (κ1) is 38.3. The van der Waals surface area contributed by atoms with E-state index in [4.69, 9.17) is 21.4 Å². The van der Waals surface area contributed by atoms with E-state index in [1.54, 1.807) is 0 Å². The number of allylic oxidation sites excluding steroid dienone is 3. The molecule has 7 rings (SSSR count). The molecule has 0 fully saturated rings. The summed E-state index contributed by atoms with van der Waals surface area (Å²) in [5.41, 5.74) is 30.5. The second-order valence-corrected chi connectivity index (χ2v) is 15.1. The molecule has 0 spiro atoms. The van der Waals surface area contributed by atoms with Crippen molar-refractivity contribution >= 4 is 61.9 Å². The van der Waals surface area contributed by atoms with Gasteiger partial charge >= 0.3 is 0 Å². The molecule has 5 aromatic carbocycles. The molecule has 8 heteroatoms. The van der Waals surface area contributed by atoms with Crippen LogP contribution in [0.15, 0.2) is 125 Å². The van der Waals surface area contributed by atoms with E-state index in [2.05, 4.69) is 119 Å². The molecule has 0 radical (unpaired) electrons. The standard InChI is InChI=1S/C48H54N8/c1-32-28-44(45(30-39(32)49)53-36-17-11-9-12-18-36)54-37-21-22-41(34(3)27-37)51-25-15-7-5-6-8-16-26-52-42-23-24-43-48(35(42)4)56(38-19-13-10-14-20-38)47-31-40(50)33(2)29-46(47)55-43/h9-14,17-20,22-24,27-31,51,53H,5-8,15-16,21,25-26,49H2,1-4H3,(H2,50,52)/p+2. The normalized spacial score (nSPS) is 13.6. The molecule has 1 aliphatic rings. The minimum atomic E-state index is 0.777. The van der Waals surface area contributed by atoms with E-state index < -0.39 is 0 Å². The molecule has 56 heavy (non-hydrogen) atoms. The number of rotatable bonds is 15. The van der Waals surface area contributed by atoms with Crippen molar-refractivity contribution in [3.63, 3.8) is 0 Å². The number of quaternary nitrogens is 1. The minimum absolute atomic E-state index is 0.777. The molecular weight excluding hydrogens is 689 g/mol. The van der Waals surface area contributed by atoms with Crippen molar-refractivity contribution in [1.29, 1.82) is 0 Å². The van der Waals surface area contributed by atoms with Gasteiger partial charge in [-0.3, -0.25) is 5.32 Å². The molecule has 1 heterocycles. The first-order chi connectivity index (χ1) is 27.2. The zero-order valence-electron chi connectivity index (χ0n) is 33.3. The lowest BCUT2D eigenvalue weighted by molar-refractivity contribution is -0.538. The van der Waals surface area contributed by atoms with Gasteiger partial charge < -0.3 is 22.1 Å². The summed E-state index contributed by atoms with van der Waals surface area (Å²) in [4.78, 5) is 10.1. The first-order valence-corrected chi connectivity index (χ1v) is 20.1. The number of unbranched alkanes of at least 4 members (excludes halogenated alkanes) is 5. The summed E-state index contributed by atoms with van der Waals surface area (Å²) in [7, 11) is 0. The van der Waals surface area contributed by atoms with Crippen LogP contribution in [0.1, 0.15) is 68.6 Å². The average molecular weight is 745 g/mol. The fourth-order valence-corrected chi connectivity index (χ4v) is 7.58. The second-order valence-electron chi connectivity index (χ2n) is 15.1. The molecular formula is C48H56N8+2. The molecule has 286 valence electrons. The van der Waals surface area contributed by atoms with Gasteiger partial charge in [0.2, 0.25) is 16.7 Å². The van der Waals surface area contributed by atoms with Crippen LogP contribution in [-0.2, 0) is 0 Å². The zero-order chi connectivity index (χ0) is 39.0. The third-order valence-electron chi connectivity index (χ3n) is 10.9. The van der Waals surface area contributed by atoms with Crippen molar-refractivity contribution in [2.75, 3.05) is 29.9 Å². The Kier molecular flexibility index (Phi) is 12.1. The summed E-state index contributed by atoms with van der Waals surface area (Å²) in [6.07, 6.45) is 12.5. The van der Waals surface area contributed by atoms with Gasteiger partial charge in [-0.1, -0.05) is 68.2 Å². The van der Waals surface area contributed by atoms with Gasteiger partial charge in [-0.05, 0) is 99.7 Å². The highest BCUT2D eigenvalue weighted by molar-refractivity contribution is 6.00. The highest BCUT2D eigenvalue weighted by Crippen LogP contribution is 2.30. The Hall–Kier alpha value is -5.99. The van der Waals surface area contributed by atoms with Crippen LogP contribution in [0.25, 0.3) is 27.8 Å². The SMILES string of the molecule is CC1=CC(=Nc2cc(C)c(N)cc2[NH2+]c2ccccc2)CC=C1NCCCCCCCCNc1ccc2nc3cc(C)c(N)cc3[n+](-c3ccccc3)c2c1C. The van der Waals surface area contributed by atoms with E-state index >= 15 is 0 Å². The van der Waals surface area contributed by atoms with E-state index in [0.29, 0.717) is 0 Å². The molecule has 0 atom stereocenters. The molecule has 1 aliphatic carbocycles. The molecule has 0 saturated heterocycles. The van der Waals surface area contributed by atoms with Crippen LogP contribution >= 0.6 is 0 Å². The Morgan fingerprint density at radius 3 is 2.11 bits per heavy atom. The number of aromatic nitrogens is 2. The van der Waals surface area contributed by atoms with Gasteiger partial charge in [0, 0.05) is 77.8 Å². The fraction of sp³-hybridized carbons (Fsp3) is 0.271. The van der Waals surface area contributed by atoms with Gasteiger partial charge in [0.1, 0.15) is 22.4 Å². The number of nitrogens with two attached hydrogens (primary N) is 3. The molecule has 1 aromatic heterocycles. The summed E-state index contributed by atoms with van der Waals surface area (Å²) in [6.45, 7) is 10.4. The maximum Gasteiger partial charge on any atom is 0.242 e. The smallest absolute Gasteiger partial charge is 0.242 e. The van der Waals surface area contributed by atoms with Crippen LogP contribution in [0.2, 0.25) is 0 Å². The highest BCUT2D eigenvalue weighted by atomic mass is 15.0. The average Bonchev–Trinajstić information content (AvgIpc) is 3.19. The Balaban J connectivity index is 0.864. The van der Waals surface area contributed by atoms with E-state index in [-0.39, 0.29) is 0 Å². The molecule has 0 aliphatic heterocycles. The third-order valence-corrected chi connectivity index (χ3v) is 10.9. The van der Waals surface area contributed by atoms with Gasteiger partial charge in [0.25, 0.3) is 0 Å². The van der Waals surface area contributed by atoms with Crippen LogP contribution in [0.3, 0.4) is 0 Å². The van der Waals surface area contributed by atoms with Gasteiger partial charge in [-0.15, -0.1) is 4.57 Å². The molecule has 0 bridgehead atoms. The summed E-state index contributed by atoms with van der Waals surface area (Å²) in [6, 6.07) is 33.4. The Labute approximate surface area is 331 Å². The highest BCUT2D eigenvalue weighted by Gasteiger charge is 2.23. The first-order valence-electron chi connectivity index (χ1n) is 20.1. The predicted octanol–water partition coefficient (Wildman–Crippen LogP) is 9.63. The van der Waals surface area contributed by atoms with Crippen molar-refractivity contribution in [1.82, 2.24) is 10.3 Å². The van der Waals surface area contributed by atoms with E-state index in [0.717, 1.165) is 105 Å². The van der Waals surface area contributed by atoms with Crippen LogP contribution in [-0.4, -0.2) is 23.8 Å². The summed E-state index contributed by atoms with van der Waals surface area (Å²) >= 11 is 0. The summed E-state index contributed by atoms with van der Waals surface area (Å²) in [5.74, 6) is 0. The third kappa shape index (κ3) is 8.93. The van der Waals surface area contributed by atoms with E-state index in [1.807, 2.05) is 38.1 Å². The predicted molar refractivity (Wildman–Crippen MR) is 236 cm³/mol. The lowest BCUT2D eigenvalue weighted by Gasteiger charge is -2.17. The number of anilines is 3. The topological polar surface area (TPSA) is 122 Å². The number of nitrogen functional groups attached to an aromatic ring is 2. The molecule has 8 nitrogen and oxygen atoms in total. The number of nitrogens with one attached hydrogen (secondary N) is 2. The lowest BCUT2D eigenvalue weighted by atomic mass is 10.0. The molecule has 0 saturated carbocycles. The maximum atomic E-state index is 6.40. The van der Waals surface area contributed by atoms with Gasteiger partial charge in [-0.2, -0.15) is 0 Å². The van der Waals surface area contributed by atoms with Gasteiger partial charge in [-0.25, -0.2) is 9.98 Å². The Morgan fingerprint density at radius 2 is 1.38 bits per heavy atom. The minimum Gasteiger partial charge on any atom is -0.398 e. The molecule has 0 amide bonds. The van der Waals surface area contributed by atoms with Crippen LogP contribution in [0.4, 0.5) is 34.1 Å². The fourth-order valence-electron chi connectivity index (χ4n) is 7.58.